The zero-order chi connectivity index (χ0) is 14.9. The highest BCUT2D eigenvalue weighted by molar-refractivity contribution is 7.89. The van der Waals surface area contributed by atoms with Gasteiger partial charge in [-0.05, 0) is 38.4 Å². The van der Waals surface area contributed by atoms with Crippen LogP contribution < -0.4 is 10.0 Å². The van der Waals surface area contributed by atoms with Crippen molar-refractivity contribution < 1.29 is 8.42 Å². The molecule has 0 aliphatic carbocycles. The average molecular weight is 394 g/mol. The van der Waals surface area contributed by atoms with Crippen molar-refractivity contribution in [1.82, 2.24) is 10.0 Å². The van der Waals surface area contributed by atoms with Crippen LogP contribution in [-0.2, 0) is 10.0 Å². The van der Waals surface area contributed by atoms with Crippen LogP contribution in [0.15, 0.2) is 17.0 Å². The fourth-order valence-corrected chi connectivity index (χ4v) is 5.13. The summed E-state index contributed by atoms with van der Waals surface area (Å²) in [6.45, 7) is 2.79. The summed E-state index contributed by atoms with van der Waals surface area (Å²) < 4.78 is 27.5. The van der Waals surface area contributed by atoms with Gasteiger partial charge in [-0.2, -0.15) is 0 Å². The summed E-state index contributed by atoms with van der Waals surface area (Å²) in [6, 6.07) is 2.88. The molecule has 0 saturated carbocycles. The molecule has 1 aromatic rings. The predicted octanol–water partition coefficient (Wildman–Crippen LogP) is 3.49. The highest BCUT2D eigenvalue weighted by Crippen LogP contribution is 2.33. The molecule has 1 saturated heterocycles. The van der Waals surface area contributed by atoms with Crippen molar-refractivity contribution in [3.63, 3.8) is 0 Å². The first kappa shape index (κ1) is 19.3. The molecule has 2 atom stereocenters. The van der Waals surface area contributed by atoms with Gasteiger partial charge in [0.1, 0.15) is 4.90 Å². The van der Waals surface area contributed by atoms with Gasteiger partial charge in [-0.25, -0.2) is 13.1 Å². The van der Waals surface area contributed by atoms with E-state index in [9.17, 15) is 8.42 Å². The van der Waals surface area contributed by atoms with Crippen LogP contribution in [0.25, 0.3) is 0 Å². The van der Waals surface area contributed by atoms with Crippen molar-refractivity contribution >= 4 is 57.2 Å². The quantitative estimate of drug-likeness (QED) is 0.826. The molecule has 4 nitrogen and oxygen atoms in total. The van der Waals surface area contributed by atoms with Gasteiger partial charge >= 0.3 is 0 Å². The van der Waals surface area contributed by atoms with E-state index in [2.05, 4.69) is 10.0 Å². The SMILES string of the molecule is CC1CC(NS(=O)(=O)c2c(Cl)cc(Cl)cc2Cl)CCN1.Cl. The Balaban J connectivity index is 0.00000220. The van der Waals surface area contributed by atoms with Gasteiger partial charge in [-0.15, -0.1) is 12.4 Å². The number of sulfonamides is 1. The van der Waals surface area contributed by atoms with Crippen LogP contribution in [0.1, 0.15) is 19.8 Å². The molecule has 120 valence electrons. The average Bonchev–Trinajstić information content (AvgIpc) is 2.25. The van der Waals surface area contributed by atoms with Gasteiger partial charge in [0.05, 0.1) is 10.0 Å². The van der Waals surface area contributed by atoms with E-state index in [0.29, 0.717) is 5.02 Å². The Bertz CT molecular complexity index is 586. The van der Waals surface area contributed by atoms with Crippen molar-refractivity contribution in [2.24, 2.45) is 0 Å². The Morgan fingerprint density at radius 2 is 1.81 bits per heavy atom. The molecular weight excluding hydrogens is 378 g/mol. The third kappa shape index (κ3) is 4.86. The number of rotatable bonds is 3. The third-order valence-electron chi connectivity index (χ3n) is 3.18. The number of halogens is 4. The van der Waals surface area contributed by atoms with Crippen LogP contribution in [0.3, 0.4) is 0 Å². The summed E-state index contributed by atoms with van der Waals surface area (Å²) in [7, 11) is -3.76. The molecule has 1 heterocycles. The first-order chi connectivity index (χ1) is 9.29. The molecule has 1 aliphatic heterocycles. The van der Waals surface area contributed by atoms with Gasteiger partial charge in [-0.3, -0.25) is 0 Å². The Hall–Kier alpha value is 0.250. The molecule has 2 N–H and O–H groups in total. The van der Waals surface area contributed by atoms with Crippen LogP contribution in [0, 0.1) is 0 Å². The van der Waals surface area contributed by atoms with Crippen LogP contribution in [0.2, 0.25) is 15.1 Å². The molecule has 1 fully saturated rings. The highest BCUT2D eigenvalue weighted by atomic mass is 35.5. The van der Waals surface area contributed by atoms with Gasteiger partial charge in [-0.1, -0.05) is 34.8 Å². The van der Waals surface area contributed by atoms with E-state index in [1.807, 2.05) is 6.92 Å². The van der Waals surface area contributed by atoms with Gasteiger partial charge in [0.2, 0.25) is 10.0 Å². The molecule has 1 aliphatic rings. The molecular formula is C12H16Cl4N2O2S. The van der Waals surface area contributed by atoms with Gasteiger partial charge in [0, 0.05) is 17.1 Å². The van der Waals surface area contributed by atoms with Crippen LogP contribution in [-0.4, -0.2) is 27.0 Å². The number of hydrogen-bond donors (Lipinski definition) is 2. The molecule has 0 aromatic heterocycles. The van der Waals surface area contributed by atoms with Crippen molar-refractivity contribution in [2.45, 2.75) is 36.7 Å². The Labute approximate surface area is 146 Å². The second-order valence-electron chi connectivity index (χ2n) is 4.90. The maximum atomic E-state index is 12.4. The van der Waals surface area contributed by atoms with E-state index in [-0.39, 0.29) is 39.4 Å². The monoisotopic (exact) mass is 392 g/mol. The lowest BCUT2D eigenvalue weighted by Crippen LogP contribution is -2.46. The largest absolute Gasteiger partial charge is 0.314 e. The first-order valence-electron chi connectivity index (χ1n) is 6.20. The molecule has 0 spiro atoms. The lowest BCUT2D eigenvalue weighted by atomic mass is 10.0. The summed E-state index contributed by atoms with van der Waals surface area (Å²) in [6.07, 6.45) is 1.45. The highest BCUT2D eigenvalue weighted by Gasteiger charge is 2.28. The standard InChI is InChI=1S/C12H15Cl3N2O2S.ClH/c1-7-4-9(2-3-16-7)17-20(18,19)12-10(14)5-8(13)6-11(12)15;/h5-7,9,16-17H,2-4H2,1H3;1H. The van der Waals surface area contributed by atoms with E-state index in [0.717, 1.165) is 19.4 Å². The summed E-state index contributed by atoms with van der Waals surface area (Å²) in [5, 5.41) is 3.61. The van der Waals surface area contributed by atoms with Crippen molar-refractivity contribution in [3.8, 4) is 0 Å². The molecule has 1 aromatic carbocycles. The number of benzene rings is 1. The molecule has 21 heavy (non-hydrogen) atoms. The fourth-order valence-electron chi connectivity index (χ4n) is 2.30. The second-order valence-corrected chi connectivity index (χ2v) is 7.80. The number of piperidine rings is 1. The zero-order valence-corrected chi connectivity index (χ0v) is 15.1. The Kier molecular flexibility index (Phi) is 7.06. The molecule has 0 bridgehead atoms. The fraction of sp³-hybridized carbons (Fsp3) is 0.500. The van der Waals surface area contributed by atoms with E-state index in [1.165, 1.54) is 12.1 Å². The lowest BCUT2D eigenvalue weighted by Gasteiger charge is -2.28. The maximum absolute atomic E-state index is 12.4. The molecule has 0 radical (unpaired) electrons. The second kappa shape index (κ2) is 7.68. The molecule has 2 unspecified atom stereocenters. The summed E-state index contributed by atoms with van der Waals surface area (Å²) in [4.78, 5) is -0.114. The molecule has 0 amide bonds. The number of nitrogens with one attached hydrogen (secondary N) is 2. The van der Waals surface area contributed by atoms with Crippen molar-refractivity contribution in [3.05, 3.63) is 27.2 Å². The Morgan fingerprint density at radius 3 is 2.33 bits per heavy atom. The summed E-state index contributed by atoms with van der Waals surface area (Å²) >= 11 is 17.7. The molecule has 2 rings (SSSR count). The van der Waals surface area contributed by atoms with Gasteiger partial charge in [0.25, 0.3) is 0 Å². The normalized spacial score (nSPS) is 22.7. The minimum absolute atomic E-state index is 0. The Morgan fingerprint density at radius 1 is 1.24 bits per heavy atom. The molecule has 9 heteroatoms. The van der Waals surface area contributed by atoms with E-state index in [1.54, 1.807) is 0 Å². The number of hydrogen-bond acceptors (Lipinski definition) is 3. The minimum atomic E-state index is -3.76. The van der Waals surface area contributed by atoms with Crippen molar-refractivity contribution in [1.29, 1.82) is 0 Å². The van der Waals surface area contributed by atoms with E-state index >= 15 is 0 Å². The van der Waals surface area contributed by atoms with Gasteiger partial charge < -0.3 is 5.32 Å². The van der Waals surface area contributed by atoms with E-state index in [4.69, 9.17) is 34.8 Å². The van der Waals surface area contributed by atoms with Gasteiger partial charge in [0.15, 0.2) is 0 Å². The zero-order valence-electron chi connectivity index (χ0n) is 11.2. The van der Waals surface area contributed by atoms with Crippen LogP contribution in [0.5, 0.6) is 0 Å². The van der Waals surface area contributed by atoms with Crippen molar-refractivity contribution in [2.75, 3.05) is 6.54 Å². The summed E-state index contributed by atoms with van der Waals surface area (Å²) in [5.41, 5.74) is 0. The van der Waals surface area contributed by atoms with Crippen LogP contribution >= 0.6 is 47.2 Å². The van der Waals surface area contributed by atoms with Crippen LogP contribution in [0.4, 0.5) is 0 Å². The predicted molar refractivity (Wildman–Crippen MR) is 89.5 cm³/mol. The maximum Gasteiger partial charge on any atom is 0.243 e. The topological polar surface area (TPSA) is 58.2 Å². The lowest BCUT2D eigenvalue weighted by molar-refractivity contribution is 0.361. The minimum Gasteiger partial charge on any atom is -0.314 e. The smallest absolute Gasteiger partial charge is 0.243 e. The summed E-state index contributed by atoms with van der Waals surface area (Å²) in [5.74, 6) is 0. The van der Waals surface area contributed by atoms with E-state index < -0.39 is 10.0 Å². The third-order valence-corrected chi connectivity index (χ3v) is 5.84. The first-order valence-corrected chi connectivity index (χ1v) is 8.81.